The largest absolute Gasteiger partial charge is 0.481 e. The summed E-state index contributed by atoms with van der Waals surface area (Å²) >= 11 is 0. The predicted molar refractivity (Wildman–Crippen MR) is 138 cm³/mol. The van der Waals surface area contributed by atoms with Crippen LogP contribution in [0.4, 0.5) is 0 Å². The van der Waals surface area contributed by atoms with Crippen molar-refractivity contribution < 1.29 is 9.53 Å². The number of nitrogens with zero attached hydrogens (tertiary/aromatic N) is 1. The first-order chi connectivity index (χ1) is 16.4. The van der Waals surface area contributed by atoms with E-state index < -0.39 is 6.10 Å². The Kier molecular flexibility index (Phi) is 7.69. The number of hydrogen-bond donors (Lipinski definition) is 1. The first-order valence-electron chi connectivity index (χ1n) is 12.4. The maximum atomic E-state index is 12.6. The van der Waals surface area contributed by atoms with E-state index in [0.717, 1.165) is 25.3 Å². The number of fused-ring (bicyclic) bond motifs is 1. The molecular formula is C30H36N2O2. The number of rotatable bonds is 8. The Morgan fingerprint density at radius 3 is 2.47 bits per heavy atom. The molecule has 2 atom stereocenters. The van der Waals surface area contributed by atoms with Crippen LogP contribution < -0.4 is 10.1 Å². The lowest BCUT2D eigenvalue weighted by Gasteiger charge is -2.38. The Hall–Kier alpha value is -3.11. The van der Waals surface area contributed by atoms with Crippen LogP contribution in [-0.2, 0) is 17.8 Å². The Bertz CT molecular complexity index is 1090. The summed E-state index contributed by atoms with van der Waals surface area (Å²) in [5.41, 5.74) is 6.49. The molecule has 0 radical (unpaired) electrons. The van der Waals surface area contributed by atoms with Gasteiger partial charge in [-0.15, -0.1) is 0 Å². The Morgan fingerprint density at radius 1 is 1.06 bits per heavy atom. The maximum absolute atomic E-state index is 12.6. The van der Waals surface area contributed by atoms with Crippen LogP contribution in [-0.4, -0.2) is 29.5 Å². The topological polar surface area (TPSA) is 41.6 Å². The summed E-state index contributed by atoms with van der Waals surface area (Å²) in [6.07, 6.45) is 1.12. The van der Waals surface area contributed by atoms with E-state index in [0.29, 0.717) is 6.42 Å². The molecule has 0 spiro atoms. The molecule has 4 nitrogen and oxygen atoms in total. The fourth-order valence-electron chi connectivity index (χ4n) is 4.71. The lowest BCUT2D eigenvalue weighted by atomic mass is 9.87. The smallest absolute Gasteiger partial charge is 0.261 e. The van der Waals surface area contributed by atoms with Crippen LogP contribution in [0.5, 0.6) is 5.75 Å². The normalized spacial score (nSPS) is 16.7. The van der Waals surface area contributed by atoms with E-state index in [4.69, 9.17) is 4.74 Å². The van der Waals surface area contributed by atoms with Gasteiger partial charge in [0.1, 0.15) is 5.75 Å². The summed E-state index contributed by atoms with van der Waals surface area (Å²) < 4.78 is 6.21. The zero-order chi connectivity index (χ0) is 24.1. The first-order valence-corrected chi connectivity index (χ1v) is 12.4. The standard InChI is InChI=1S/C30H36N2O2/c1-5-28(30(33)31-21(2)3)34-26-16-15-24-17-18-32(20-23-13-11-22(4)12-14-23)29(27(24)19-26)25-9-7-6-8-10-25/h6-16,19,21,28-29H,5,17-18,20H2,1-4H3,(H,31,33). The average Bonchev–Trinajstić information content (AvgIpc) is 2.83. The molecular weight excluding hydrogens is 420 g/mol. The van der Waals surface area contributed by atoms with Gasteiger partial charge in [-0.25, -0.2) is 0 Å². The van der Waals surface area contributed by atoms with Crippen LogP contribution in [0.25, 0.3) is 0 Å². The van der Waals surface area contributed by atoms with Gasteiger partial charge in [0.2, 0.25) is 0 Å². The Balaban J connectivity index is 1.65. The maximum Gasteiger partial charge on any atom is 0.261 e. The van der Waals surface area contributed by atoms with Gasteiger partial charge in [0.15, 0.2) is 6.10 Å². The van der Waals surface area contributed by atoms with Crippen LogP contribution >= 0.6 is 0 Å². The van der Waals surface area contributed by atoms with Crippen molar-refractivity contribution in [2.75, 3.05) is 6.54 Å². The van der Waals surface area contributed by atoms with Crippen molar-refractivity contribution in [3.05, 3.63) is 101 Å². The van der Waals surface area contributed by atoms with E-state index in [-0.39, 0.29) is 18.0 Å². The number of aryl methyl sites for hydroxylation is 1. The fraction of sp³-hybridized carbons (Fsp3) is 0.367. The molecule has 1 aliphatic heterocycles. The quantitative estimate of drug-likeness (QED) is 0.464. The lowest BCUT2D eigenvalue weighted by Crippen LogP contribution is -2.41. The number of amides is 1. The van der Waals surface area contributed by atoms with Crippen LogP contribution in [0.3, 0.4) is 0 Å². The van der Waals surface area contributed by atoms with Crippen LogP contribution in [0.2, 0.25) is 0 Å². The van der Waals surface area contributed by atoms with Gasteiger partial charge in [-0.1, -0.05) is 73.2 Å². The van der Waals surface area contributed by atoms with Gasteiger partial charge in [0.25, 0.3) is 5.91 Å². The molecule has 2 unspecified atom stereocenters. The SMILES string of the molecule is CCC(Oc1ccc2c(c1)C(c1ccccc1)N(Cc1ccc(C)cc1)CC2)C(=O)NC(C)C. The van der Waals surface area contributed by atoms with E-state index in [2.05, 4.69) is 83.9 Å². The monoisotopic (exact) mass is 456 g/mol. The lowest BCUT2D eigenvalue weighted by molar-refractivity contribution is -0.128. The summed E-state index contributed by atoms with van der Waals surface area (Å²) in [4.78, 5) is 15.1. The molecule has 1 aliphatic rings. The van der Waals surface area contributed by atoms with E-state index in [1.54, 1.807) is 0 Å². The molecule has 3 aromatic rings. The molecule has 0 saturated heterocycles. The van der Waals surface area contributed by atoms with Crippen molar-refractivity contribution in [1.29, 1.82) is 0 Å². The van der Waals surface area contributed by atoms with Gasteiger partial charge in [0, 0.05) is 19.1 Å². The van der Waals surface area contributed by atoms with Gasteiger partial charge in [-0.05, 0) is 68.0 Å². The van der Waals surface area contributed by atoms with Crippen molar-refractivity contribution in [1.82, 2.24) is 10.2 Å². The zero-order valence-electron chi connectivity index (χ0n) is 20.8. The third kappa shape index (κ3) is 5.68. The molecule has 0 aliphatic carbocycles. The van der Waals surface area contributed by atoms with Crippen LogP contribution in [0.15, 0.2) is 72.8 Å². The minimum atomic E-state index is -0.497. The molecule has 1 heterocycles. The summed E-state index contributed by atoms with van der Waals surface area (Å²) in [5, 5.41) is 2.98. The highest BCUT2D eigenvalue weighted by molar-refractivity contribution is 5.81. The van der Waals surface area contributed by atoms with E-state index in [1.807, 2.05) is 26.8 Å². The second kappa shape index (κ2) is 10.9. The average molecular weight is 457 g/mol. The highest BCUT2D eigenvalue weighted by Crippen LogP contribution is 2.38. The molecule has 0 aromatic heterocycles. The minimum Gasteiger partial charge on any atom is -0.481 e. The highest BCUT2D eigenvalue weighted by Gasteiger charge is 2.30. The molecule has 4 rings (SSSR count). The fourth-order valence-corrected chi connectivity index (χ4v) is 4.71. The third-order valence-electron chi connectivity index (χ3n) is 6.44. The summed E-state index contributed by atoms with van der Waals surface area (Å²) in [5.74, 6) is 0.693. The molecule has 1 amide bonds. The molecule has 178 valence electrons. The van der Waals surface area contributed by atoms with E-state index >= 15 is 0 Å². The highest BCUT2D eigenvalue weighted by atomic mass is 16.5. The zero-order valence-corrected chi connectivity index (χ0v) is 20.8. The summed E-state index contributed by atoms with van der Waals surface area (Å²) in [6, 6.07) is 26.1. The number of hydrogen-bond acceptors (Lipinski definition) is 3. The van der Waals surface area contributed by atoms with Crippen molar-refractivity contribution >= 4 is 5.91 Å². The van der Waals surface area contributed by atoms with E-state index in [9.17, 15) is 4.79 Å². The Morgan fingerprint density at radius 2 is 1.79 bits per heavy atom. The van der Waals surface area contributed by atoms with Gasteiger partial charge < -0.3 is 10.1 Å². The van der Waals surface area contributed by atoms with Crippen LogP contribution in [0.1, 0.15) is 61.1 Å². The molecule has 34 heavy (non-hydrogen) atoms. The van der Waals surface area contributed by atoms with Crippen molar-refractivity contribution in [2.45, 2.75) is 65.3 Å². The van der Waals surface area contributed by atoms with Gasteiger partial charge in [-0.2, -0.15) is 0 Å². The van der Waals surface area contributed by atoms with Gasteiger partial charge >= 0.3 is 0 Å². The molecule has 0 fully saturated rings. The molecule has 3 aromatic carbocycles. The van der Waals surface area contributed by atoms with Gasteiger partial charge in [-0.3, -0.25) is 9.69 Å². The number of carbonyl (C=O) groups is 1. The molecule has 4 heteroatoms. The number of benzene rings is 3. The second-order valence-corrected chi connectivity index (χ2v) is 9.56. The van der Waals surface area contributed by atoms with Crippen molar-refractivity contribution in [3.8, 4) is 5.75 Å². The van der Waals surface area contributed by atoms with Crippen molar-refractivity contribution in [3.63, 3.8) is 0 Å². The molecule has 0 saturated carbocycles. The minimum absolute atomic E-state index is 0.0594. The first kappa shape index (κ1) is 24.0. The summed E-state index contributed by atoms with van der Waals surface area (Å²) in [7, 11) is 0. The third-order valence-corrected chi connectivity index (χ3v) is 6.44. The van der Waals surface area contributed by atoms with Gasteiger partial charge in [0.05, 0.1) is 6.04 Å². The second-order valence-electron chi connectivity index (χ2n) is 9.56. The number of carbonyl (C=O) groups excluding carboxylic acids is 1. The Labute approximate surface area is 204 Å². The molecule has 1 N–H and O–H groups in total. The molecule has 0 bridgehead atoms. The number of ether oxygens (including phenoxy) is 1. The van der Waals surface area contributed by atoms with Crippen LogP contribution in [0, 0.1) is 6.92 Å². The summed E-state index contributed by atoms with van der Waals surface area (Å²) in [6.45, 7) is 9.93. The number of nitrogens with one attached hydrogen (secondary N) is 1. The predicted octanol–water partition coefficient (Wildman–Crippen LogP) is 5.82. The van der Waals surface area contributed by atoms with Crippen molar-refractivity contribution in [2.24, 2.45) is 0 Å². The van der Waals surface area contributed by atoms with E-state index in [1.165, 1.54) is 27.8 Å².